The van der Waals surface area contributed by atoms with Crippen LogP contribution in [0.1, 0.15) is 0 Å². The number of aromatic nitrogens is 1. The fourth-order valence-electron chi connectivity index (χ4n) is 1.48. The summed E-state index contributed by atoms with van der Waals surface area (Å²) in [7, 11) is 0. The molecule has 92 valence electrons. The van der Waals surface area contributed by atoms with Crippen molar-refractivity contribution in [2.24, 2.45) is 0 Å². The Hall–Kier alpha value is -1.36. The zero-order valence-corrected chi connectivity index (χ0v) is 11.0. The Bertz CT molecular complexity index is 611. The Morgan fingerprint density at radius 2 is 1.61 bits per heavy atom. The van der Waals surface area contributed by atoms with Gasteiger partial charge in [0, 0.05) is 27.9 Å². The van der Waals surface area contributed by atoms with Gasteiger partial charge in [0.25, 0.3) is 5.69 Å². The Morgan fingerprint density at radius 3 is 2.17 bits per heavy atom. The highest BCUT2D eigenvalue weighted by atomic mass is 35.5. The molecule has 0 spiro atoms. The molecule has 0 saturated heterocycles. The van der Waals surface area contributed by atoms with Gasteiger partial charge in [-0.05, 0) is 18.2 Å². The lowest BCUT2D eigenvalue weighted by atomic mass is 10.1. The summed E-state index contributed by atoms with van der Waals surface area (Å²) in [6.45, 7) is 0. The van der Waals surface area contributed by atoms with Gasteiger partial charge in [-0.3, -0.25) is 10.1 Å². The van der Waals surface area contributed by atoms with Crippen LogP contribution in [0.3, 0.4) is 0 Å². The van der Waals surface area contributed by atoms with E-state index in [1.54, 1.807) is 12.1 Å². The monoisotopic (exact) mass is 302 g/mol. The lowest BCUT2D eigenvalue weighted by Gasteiger charge is -2.04. The van der Waals surface area contributed by atoms with Gasteiger partial charge in [0.15, 0.2) is 0 Å². The summed E-state index contributed by atoms with van der Waals surface area (Å²) >= 11 is 17.4. The zero-order chi connectivity index (χ0) is 13.3. The molecule has 2 aromatic rings. The number of benzene rings is 1. The van der Waals surface area contributed by atoms with Crippen molar-refractivity contribution >= 4 is 40.5 Å². The second-order valence-electron chi connectivity index (χ2n) is 3.44. The van der Waals surface area contributed by atoms with E-state index in [2.05, 4.69) is 4.98 Å². The summed E-state index contributed by atoms with van der Waals surface area (Å²) in [6, 6.07) is 5.88. The second-order valence-corrected chi connectivity index (χ2v) is 4.75. The van der Waals surface area contributed by atoms with Gasteiger partial charge in [-0.2, -0.15) is 0 Å². The molecule has 18 heavy (non-hydrogen) atoms. The van der Waals surface area contributed by atoms with Crippen molar-refractivity contribution in [1.29, 1.82) is 0 Å². The Balaban J connectivity index is 2.66. The molecule has 0 unspecified atom stereocenters. The van der Waals surface area contributed by atoms with Crippen molar-refractivity contribution in [2.75, 3.05) is 0 Å². The molecule has 2 rings (SSSR count). The third kappa shape index (κ3) is 2.72. The van der Waals surface area contributed by atoms with E-state index in [-0.39, 0.29) is 16.4 Å². The van der Waals surface area contributed by atoms with E-state index in [1.165, 1.54) is 18.3 Å². The van der Waals surface area contributed by atoms with E-state index >= 15 is 0 Å². The second kappa shape index (κ2) is 5.10. The lowest BCUT2D eigenvalue weighted by Crippen LogP contribution is -1.94. The molecule has 0 aliphatic heterocycles. The first-order valence-corrected chi connectivity index (χ1v) is 5.87. The zero-order valence-electron chi connectivity index (χ0n) is 8.73. The van der Waals surface area contributed by atoms with Crippen LogP contribution < -0.4 is 0 Å². The van der Waals surface area contributed by atoms with Crippen molar-refractivity contribution < 1.29 is 4.92 Å². The van der Waals surface area contributed by atoms with Crippen LogP contribution in [0, 0.1) is 10.1 Å². The van der Waals surface area contributed by atoms with Gasteiger partial charge in [-0.25, -0.2) is 4.98 Å². The average Bonchev–Trinajstić information content (AvgIpc) is 2.27. The summed E-state index contributed by atoms with van der Waals surface area (Å²) in [4.78, 5) is 14.4. The normalized spacial score (nSPS) is 10.4. The van der Waals surface area contributed by atoms with Gasteiger partial charge in [0.1, 0.15) is 5.69 Å². The van der Waals surface area contributed by atoms with Gasteiger partial charge >= 0.3 is 0 Å². The van der Waals surface area contributed by atoms with Crippen LogP contribution in [-0.4, -0.2) is 9.91 Å². The third-order valence-electron chi connectivity index (χ3n) is 2.17. The van der Waals surface area contributed by atoms with Crippen molar-refractivity contribution in [3.05, 3.63) is 55.6 Å². The van der Waals surface area contributed by atoms with Crippen LogP contribution in [0.4, 0.5) is 5.69 Å². The maximum absolute atomic E-state index is 11.0. The topological polar surface area (TPSA) is 56.0 Å². The highest BCUT2D eigenvalue weighted by Gasteiger charge is 2.18. The van der Waals surface area contributed by atoms with Crippen LogP contribution in [-0.2, 0) is 0 Å². The first-order chi connectivity index (χ1) is 8.47. The van der Waals surface area contributed by atoms with Gasteiger partial charge in [0.05, 0.1) is 9.95 Å². The van der Waals surface area contributed by atoms with E-state index in [9.17, 15) is 10.1 Å². The highest BCUT2D eigenvalue weighted by molar-refractivity contribution is 6.35. The molecule has 1 aromatic carbocycles. The SMILES string of the molecule is O=[N+]([O-])c1cc(Cl)cnc1-c1cc(Cl)cc(Cl)c1. The highest BCUT2D eigenvalue weighted by Crippen LogP contribution is 2.33. The minimum Gasteiger partial charge on any atom is -0.258 e. The summed E-state index contributed by atoms with van der Waals surface area (Å²) in [5, 5.41) is 11.9. The molecule has 4 nitrogen and oxygen atoms in total. The molecule has 1 aromatic heterocycles. The number of halogens is 3. The number of pyridine rings is 1. The van der Waals surface area contributed by atoms with E-state index in [0.717, 1.165) is 0 Å². The fraction of sp³-hybridized carbons (Fsp3) is 0. The molecule has 0 atom stereocenters. The summed E-state index contributed by atoms with van der Waals surface area (Å²) in [5.74, 6) is 0. The molecule has 0 saturated carbocycles. The molecule has 0 aliphatic carbocycles. The van der Waals surface area contributed by atoms with Gasteiger partial charge in [-0.15, -0.1) is 0 Å². The van der Waals surface area contributed by atoms with Gasteiger partial charge in [-0.1, -0.05) is 34.8 Å². The van der Waals surface area contributed by atoms with Crippen LogP contribution in [0.15, 0.2) is 30.5 Å². The first-order valence-electron chi connectivity index (χ1n) is 4.74. The number of hydrogen-bond donors (Lipinski definition) is 0. The third-order valence-corrected chi connectivity index (χ3v) is 2.81. The van der Waals surface area contributed by atoms with E-state index in [4.69, 9.17) is 34.8 Å². The van der Waals surface area contributed by atoms with Crippen molar-refractivity contribution in [2.45, 2.75) is 0 Å². The van der Waals surface area contributed by atoms with Crippen molar-refractivity contribution in [3.8, 4) is 11.3 Å². The Morgan fingerprint density at radius 1 is 1.00 bits per heavy atom. The first kappa shape index (κ1) is 13.1. The molecule has 0 amide bonds. The molecule has 0 N–H and O–H groups in total. The van der Waals surface area contributed by atoms with Crippen LogP contribution in [0.5, 0.6) is 0 Å². The van der Waals surface area contributed by atoms with E-state index < -0.39 is 4.92 Å². The average molecular weight is 304 g/mol. The maximum Gasteiger partial charge on any atom is 0.296 e. The number of rotatable bonds is 2. The predicted octanol–water partition coefficient (Wildman–Crippen LogP) is 4.62. The minimum absolute atomic E-state index is 0.175. The summed E-state index contributed by atoms with van der Waals surface area (Å²) in [5.41, 5.74) is 0.450. The Kier molecular flexibility index (Phi) is 3.71. The number of hydrogen-bond acceptors (Lipinski definition) is 3. The molecular formula is C11H5Cl3N2O2. The minimum atomic E-state index is -0.553. The smallest absolute Gasteiger partial charge is 0.258 e. The molecule has 0 bridgehead atoms. The molecule has 0 radical (unpaired) electrons. The molecular weight excluding hydrogens is 298 g/mol. The molecule has 0 fully saturated rings. The van der Waals surface area contributed by atoms with Crippen molar-refractivity contribution in [1.82, 2.24) is 4.98 Å². The maximum atomic E-state index is 11.0. The molecule has 7 heteroatoms. The number of nitrogens with zero attached hydrogens (tertiary/aromatic N) is 2. The van der Waals surface area contributed by atoms with Crippen LogP contribution in [0.25, 0.3) is 11.3 Å². The van der Waals surface area contributed by atoms with E-state index in [1.807, 2.05) is 0 Å². The number of nitro groups is 1. The van der Waals surface area contributed by atoms with Crippen LogP contribution in [0.2, 0.25) is 15.1 Å². The summed E-state index contributed by atoms with van der Waals surface area (Å²) < 4.78 is 0. The quantitative estimate of drug-likeness (QED) is 0.601. The predicted molar refractivity (Wildman–Crippen MR) is 71.4 cm³/mol. The fourth-order valence-corrected chi connectivity index (χ4v) is 2.16. The van der Waals surface area contributed by atoms with Crippen LogP contribution >= 0.6 is 34.8 Å². The lowest BCUT2D eigenvalue weighted by molar-refractivity contribution is -0.384. The largest absolute Gasteiger partial charge is 0.296 e. The molecule has 0 aliphatic rings. The van der Waals surface area contributed by atoms with Gasteiger partial charge in [0.2, 0.25) is 0 Å². The standard InChI is InChI=1S/C11H5Cl3N2O2/c12-7-1-6(2-8(13)3-7)11-10(16(17)18)4-9(14)5-15-11/h1-5H. The van der Waals surface area contributed by atoms with Gasteiger partial charge < -0.3 is 0 Å². The molecule has 1 heterocycles. The van der Waals surface area contributed by atoms with Crippen molar-refractivity contribution in [3.63, 3.8) is 0 Å². The Labute approximate surface area is 117 Å². The van der Waals surface area contributed by atoms with E-state index in [0.29, 0.717) is 15.6 Å². The summed E-state index contributed by atoms with van der Waals surface area (Å²) in [6.07, 6.45) is 1.33.